The summed E-state index contributed by atoms with van der Waals surface area (Å²) >= 11 is 0. The molecule has 2 aliphatic rings. The van der Waals surface area contributed by atoms with E-state index >= 15 is 0 Å². The molecule has 0 radical (unpaired) electrons. The molecule has 0 aliphatic carbocycles. The van der Waals surface area contributed by atoms with Gasteiger partial charge in [0, 0.05) is 32.9 Å². The molecule has 33 heavy (non-hydrogen) atoms. The lowest BCUT2D eigenvalue weighted by Gasteiger charge is -2.43. The average Bonchev–Trinajstić information content (AvgIpc) is 3.10. The number of nitrogens with zero attached hydrogens (tertiary/aromatic N) is 4. The van der Waals surface area contributed by atoms with Crippen molar-refractivity contribution in [3.63, 3.8) is 0 Å². The van der Waals surface area contributed by atoms with E-state index in [0.717, 1.165) is 5.69 Å². The van der Waals surface area contributed by atoms with Gasteiger partial charge >= 0.3 is 0 Å². The molecule has 0 aromatic heterocycles. The molecule has 174 valence electrons. The highest BCUT2D eigenvalue weighted by atomic mass is 16.5. The first kappa shape index (κ1) is 22.6. The van der Waals surface area contributed by atoms with Crippen LogP contribution in [0.2, 0.25) is 0 Å². The standard InChI is InChI=1S/C25H30N4O4/c1-26(2)22(30)17-28-18-29(19-9-5-4-6-10-19)25(24(28)32)13-15-27(16-14-25)23(31)20-11-7-8-12-21(20)33-3/h4-12H,13-18H2,1-3H3. The zero-order valence-electron chi connectivity index (χ0n) is 19.4. The van der Waals surface area contributed by atoms with Crippen molar-refractivity contribution >= 4 is 23.4 Å². The Bertz CT molecular complexity index is 1030. The molecule has 0 bridgehead atoms. The van der Waals surface area contributed by atoms with E-state index in [1.807, 2.05) is 42.5 Å². The highest BCUT2D eigenvalue weighted by Crippen LogP contribution is 2.40. The van der Waals surface area contributed by atoms with E-state index in [1.54, 1.807) is 43.1 Å². The van der Waals surface area contributed by atoms with Crippen LogP contribution in [0.15, 0.2) is 54.6 Å². The fourth-order valence-corrected chi connectivity index (χ4v) is 4.70. The van der Waals surface area contributed by atoms with Crippen LogP contribution in [0.5, 0.6) is 5.75 Å². The van der Waals surface area contributed by atoms with Crippen molar-refractivity contribution in [1.82, 2.24) is 14.7 Å². The number of likely N-dealkylation sites (N-methyl/N-ethyl adjacent to an activating group) is 1. The lowest BCUT2D eigenvalue weighted by molar-refractivity contribution is -0.139. The van der Waals surface area contributed by atoms with Gasteiger partial charge in [-0.2, -0.15) is 0 Å². The van der Waals surface area contributed by atoms with E-state index in [1.165, 1.54) is 4.90 Å². The maximum Gasteiger partial charge on any atom is 0.257 e. The maximum atomic E-state index is 13.7. The Balaban J connectivity index is 1.58. The minimum atomic E-state index is -0.772. The second-order valence-electron chi connectivity index (χ2n) is 8.72. The van der Waals surface area contributed by atoms with Gasteiger partial charge in [0.25, 0.3) is 11.8 Å². The summed E-state index contributed by atoms with van der Waals surface area (Å²) in [6.07, 6.45) is 0.989. The summed E-state index contributed by atoms with van der Waals surface area (Å²) in [7, 11) is 4.93. The largest absolute Gasteiger partial charge is 0.496 e. The van der Waals surface area contributed by atoms with E-state index in [9.17, 15) is 14.4 Å². The number of hydrogen-bond donors (Lipinski definition) is 0. The number of benzene rings is 2. The van der Waals surface area contributed by atoms with Crippen LogP contribution < -0.4 is 9.64 Å². The van der Waals surface area contributed by atoms with Crippen LogP contribution >= 0.6 is 0 Å². The van der Waals surface area contributed by atoms with Gasteiger partial charge in [-0.25, -0.2) is 0 Å². The Hall–Kier alpha value is -3.55. The Morgan fingerprint density at radius 2 is 1.64 bits per heavy atom. The third-order valence-electron chi connectivity index (χ3n) is 6.62. The van der Waals surface area contributed by atoms with Gasteiger partial charge in [-0.15, -0.1) is 0 Å². The summed E-state index contributed by atoms with van der Waals surface area (Å²) in [5.74, 6) is 0.279. The second kappa shape index (κ2) is 9.13. The predicted octanol–water partition coefficient (Wildman–Crippen LogP) is 2.06. The van der Waals surface area contributed by atoms with Gasteiger partial charge < -0.3 is 24.3 Å². The number of ether oxygens (including phenoxy) is 1. The second-order valence-corrected chi connectivity index (χ2v) is 8.72. The molecule has 0 unspecified atom stereocenters. The number of carbonyl (C=O) groups is 3. The van der Waals surface area contributed by atoms with Crippen LogP contribution in [0.3, 0.4) is 0 Å². The molecule has 1 spiro atoms. The summed E-state index contributed by atoms with van der Waals surface area (Å²) in [6, 6.07) is 17.0. The summed E-state index contributed by atoms with van der Waals surface area (Å²) < 4.78 is 5.36. The van der Waals surface area contributed by atoms with Crippen LogP contribution in [0.25, 0.3) is 0 Å². The van der Waals surface area contributed by atoms with Crippen molar-refractivity contribution in [3.05, 3.63) is 60.2 Å². The van der Waals surface area contributed by atoms with Crippen molar-refractivity contribution < 1.29 is 19.1 Å². The van der Waals surface area contributed by atoms with Gasteiger partial charge in [-0.05, 0) is 37.1 Å². The third-order valence-corrected chi connectivity index (χ3v) is 6.62. The van der Waals surface area contributed by atoms with Crippen molar-refractivity contribution in [2.24, 2.45) is 0 Å². The van der Waals surface area contributed by atoms with Crippen LogP contribution in [-0.4, -0.2) is 85.5 Å². The minimum Gasteiger partial charge on any atom is -0.496 e. The molecule has 2 aromatic carbocycles. The van der Waals surface area contributed by atoms with Crippen LogP contribution in [0, 0.1) is 0 Å². The smallest absolute Gasteiger partial charge is 0.257 e. The van der Waals surface area contributed by atoms with Gasteiger partial charge in [-0.1, -0.05) is 30.3 Å². The molecule has 2 aliphatic heterocycles. The molecule has 2 fully saturated rings. The molecule has 2 saturated heterocycles. The van der Waals surface area contributed by atoms with E-state index in [0.29, 0.717) is 43.9 Å². The number of anilines is 1. The normalized spacial score (nSPS) is 17.4. The van der Waals surface area contributed by atoms with E-state index < -0.39 is 5.54 Å². The minimum absolute atomic E-state index is 0.0424. The third kappa shape index (κ3) is 4.13. The first-order valence-corrected chi connectivity index (χ1v) is 11.1. The first-order valence-electron chi connectivity index (χ1n) is 11.1. The van der Waals surface area contributed by atoms with Gasteiger partial charge in [0.1, 0.15) is 17.8 Å². The summed E-state index contributed by atoms with van der Waals surface area (Å²) in [5, 5.41) is 0. The number of rotatable bonds is 5. The highest BCUT2D eigenvalue weighted by molar-refractivity contribution is 5.98. The van der Waals surface area contributed by atoms with Crippen LogP contribution in [0.4, 0.5) is 5.69 Å². The number of likely N-dealkylation sites (tertiary alicyclic amines) is 1. The molecule has 0 saturated carbocycles. The zero-order valence-corrected chi connectivity index (χ0v) is 19.4. The zero-order chi connectivity index (χ0) is 23.6. The topological polar surface area (TPSA) is 73.4 Å². The van der Waals surface area contributed by atoms with Crippen molar-refractivity contribution in [1.29, 1.82) is 0 Å². The maximum absolute atomic E-state index is 13.7. The molecule has 3 amide bonds. The van der Waals surface area contributed by atoms with E-state index in [4.69, 9.17) is 4.74 Å². The van der Waals surface area contributed by atoms with Gasteiger partial charge in [-0.3, -0.25) is 14.4 Å². The molecule has 4 rings (SSSR count). The fraction of sp³-hybridized carbons (Fsp3) is 0.400. The predicted molar refractivity (Wildman–Crippen MR) is 125 cm³/mol. The van der Waals surface area contributed by atoms with Crippen LogP contribution in [-0.2, 0) is 9.59 Å². The first-order chi connectivity index (χ1) is 15.9. The van der Waals surface area contributed by atoms with Crippen LogP contribution in [0.1, 0.15) is 23.2 Å². The monoisotopic (exact) mass is 450 g/mol. The molecule has 2 aromatic rings. The number of methoxy groups -OCH3 is 1. The fourth-order valence-electron chi connectivity index (χ4n) is 4.70. The lowest BCUT2D eigenvalue weighted by atomic mass is 9.85. The number of piperidine rings is 1. The van der Waals surface area contributed by atoms with E-state index in [-0.39, 0.29) is 24.3 Å². The molecule has 8 heteroatoms. The van der Waals surface area contributed by atoms with Crippen molar-refractivity contribution in [2.45, 2.75) is 18.4 Å². The molecule has 0 N–H and O–H groups in total. The number of hydrogen-bond acceptors (Lipinski definition) is 5. The van der Waals surface area contributed by atoms with Gasteiger partial charge in [0.05, 0.1) is 19.3 Å². The number of para-hydroxylation sites is 2. The molecule has 2 heterocycles. The molecule has 8 nitrogen and oxygen atoms in total. The Morgan fingerprint density at radius 1 is 1.00 bits per heavy atom. The van der Waals surface area contributed by atoms with Gasteiger partial charge in [0.15, 0.2) is 0 Å². The Morgan fingerprint density at radius 3 is 2.27 bits per heavy atom. The lowest BCUT2D eigenvalue weighted by Crippen LogP contribution is -2.57. The summed E-state index contributed by atoms with van der Waals surface area (Å²) in [6.45, 7) is 1.28. The highest BCUT2D eigenvalue weighted by Gasteiger charge is 2.54. The number of amides is 3. The Kier molecular flexibility index (Phi) is 6.26. The summed E-state index contributed by atoms with van der Waals surface area (Å²) in [4.78, 5) is 46.2. The molecular weight excluding hydrogens is 420 g/mol. The average molecular weight is 451 g/mol. The Labute approximate surface area is 194 Å². The number of carbonyl (C=O) groups excluding carboxylic acids is 3. The SMILES string of the molecule is COc1ccccc1C(=O)N1CCC2(CC1)C(=O)N(CC(=O)N(C)C)CN2c1ccccc1. The quantitative estimate of drug-likeness (QED) is 0.697. The molecule has 0 atom stereocenters. The molecular formula is C25H30N4O4. The van der Waals surface area contributed by atoms with Crippen molar-refractivity contribution in [3.8, 4) is 5.75 Å². The van der Waals surface area contributed by atoms with Crippen molar-refractivity contribution in [2.75, 3.05) is 52.4 Å². The van der Waals surface area contributed by atoms with Gasteiger partial charge in [0.2, 0.25) is 5.91 Å². The summed E-state index contributed by atoms with van der Waals surface area (Å²) in [5.41, 5.74) is 0.688. The van der Waals surface area contributed by atoms with E-state index in [2.05, 4.69) is 4.90 Å².